The van der Waals surface area contributed by atoms with Crippen molar-refractivity contribution in [2.75, 3.05) is 0 Å². The second-order valence-electron chi connectivity index (χ2n) is 1.63. The SMILES string of the molecule is C=CNC(C)C(F)(F)F. The third-order valence-electron chi connectivity index (χ3n) is 0.859. The van der Waals surface area contributed by atoms with Gasteiger partial charge in [0.2, 0.25) is 0 Å². The normalized spacial score (nSPS) is 14.7. The zero-order valence-electron chi connectivity index (χ0n) is 5.00. The highest BCUT2D eigenvalue weighted by Crippen LogP contribution is 2.18. The predicted octanol–water partition coefficient (Wildman–Crippen LogP) is 1.67. The van der Waals surface area contributed by atoms with E-state index in [4.69, 9.17) is 0 Å². The van der Waals surface area contributed by atoms with Crippen LogP contribution in [0.5, 0.6) is 0 Å². The van der Waals surface area contributed by atoms with Crippen LogP contribution in [-0.4, -0.2) is 12.2 Å². The van der Waals surface area contributed by atoms with Gasteiger partial charge in [0.1, 0.15) is 6.04 Å². The number of hydrogen-bond donors (Lipinski definition) is 1. The van der Waals surface area contributed by atoms with Crippen molar-refractivity contribution in [3.8, 4) is 0 Å². The number of alkyl halides is 3. The molecule has 4 heteroatoms. The van der Waals surface area contributed by atoms with Gasteiger partial charge in [0.25, 0.3) is 0 Å². The standard InChI is InChI=1S/C5H8F3N/c1-3-9-4(2)5(6,7)8/h3-4,9H,1H2,2H3. The van der Waals surface area contributed by atoms with E-state index < -0.39 is 12.2 Å². The van der Waals surface area contributed by atoms with Crippen molar-refractivity contribution < 1.29 is 13.2 Å². The number of rotatable bonds is 2. The van der Waals surface area contributed by atoms with Gasteiger partial charge in [0, 0.05) is 0 Å². The molecule has 1 unspecified atom stereocenters. The van der Waals surface area contributed by atoms with Crippen LogP contribution in [0.15, 0.2) is 12.8 Å². The fraction of sp³-hybridized carbons (Fsp3) is 0.600. The van der Waals surface area contributed by atoms with Crippen molar-refractivity contribution in [2.45, 2.75) is 19.1 Å². The van der Waals surface area contributed by atoms with Crippen LogP contribution in [0.25, 0.3) is 0 Å². The topological polar surface area (TPSA) is 12.0 Å². The van der Waals surface area contributed by atoms with E-state index in [1.165, 1.54) is 0 Å². The van der Waals surface area contributed by atoms with Gasteiger partial charge < -0.3 is 5.32 Å². The minimum Gasteiger partial charge on any atom is -0.381 e. The second kappa shape index (κ2) is 2.75. The molecule has 1 N–H and O–H groups in total. The third kappa shape index (κ3) is 3.00. The summed E-state index contributed by atoms with van der Waals surface area (Å²) in [6.45, 7) is 4.13. The van der Waals surface area contributed by atoms with Gasteiger partial charge in [-0.05, 0) is 13.1 Å². The van der Waals surface area contributed by atoms with E-state index in [-0.39, 0.29) is 0 Å². The van der Waals surface area contributed by atoms with Gasteiger partial charge in [0.05, 0.1) is 0 Å². The van der Waals surface area contributed by atoms with E-state index in [9.17, 15) is 13.2 Å². The van der Waals surface area contributed by atoms with E-state index >= 15 is 0 Å². The smallest absolute Gasteiger partial charge is 0.381 e. The maximum absolute atomic E-state index is 11.5. The summed E-state index contributed by atoms with van der Waals surface area (Å²) < 4.78 is 34.6. The van der Waals surface area contributed by atoms with E-state index in [2.05, 4.69) is 6.58 Å². The van der Waals surface area contributed by atoms with Crippen molar-refractivity contribution in [1.82, 2.24) is 5.32 Å². The van der Waals surface area contributed by atoms with Crippen molar-refractivity contribution in [2.24, 2.45) is 0 Å². The lowest BCUT2D eigenvalue weighted by atomic mass is 10.3. The molecule has 0 aromatic rings. The summed E-state index contributed by atoms with van der Waals surface area (Å²) in [5, 5.41) is 2.02. The highest BCUT2D eigenvalue weighted by Gasteiger charge is 2.34. The molecular formula is C5H8F3N. The summed E-state index contributed by atoms with van der Waals surface area (Å²) in [5.41, 5.74) is 0. The molecule has 0 aromatic carbocycles. The summed E-state index contributed by atoms with van der Waals surface area (Å²) in [5.74, 6) is 0. The first kappa shape index (κ1) is 8.33. The molecule has 0 aliphatic carbocycles. The molecule has 0 heterocycles. The minimum absolute atomic E-state index is 1.03. The molecule has 0 amide bonds. The minimum atomic E-state index is -4.17. The lowest BCUT2D eigenvalue weighted by Gasteiger charge is -2.14. The predicted molar refractivity (Wildman–Crippen MR) is 28.8 cm³/mol. The molecule has 9 heavy (non-hydrogen) atoms. The van der Waals surface area contributed by atoms with E-state index in [1.54, 1.807) is 0 Å². The molecule has 0 aliphatic heterocycles. The molecule has 0 rings (SSSR count). The summed E-state index contributed by atoms with van der Waals surface area (Å²) in [6.07, 6.45) is -3.15. The van der Waals surface area contributed by atoms with Crippen LogP contribution in [0.1, 0.15) is 6.92 Å². The molecule has 54 valence electrons. The fourth-order valence-electron chi connectivity index (χ4n) is 0.271. The first-order valence-corrected chi connectivity index (χ1v) is 2.42. The lowest BCUT2D eigenvalue weighted by molar-refractivity contribution is -0.148. The van der Waals surface area contributed by atoms with Crippen LogP contribution in [-0.2, 0) is 0 Å². The lowest BCUT2D eigenvalue weighted by Crippen LogP contribution is -2.36. The Balaban J connectivity index is 3.72. The van der Waals surface area contributed by atoms with Crippen molar-refractivity contribution >= 4 is 0 Å². The summed E-state index contributed by atoms with van der Waals surface area (Å²) >= 11 is 0. The Labute approximate surface area is 51.6 Å². The van der Waals surface area contributed by atoms with Crippen molar-refractivity contribution in [3.05, 3.63) is 12.8 Å². The number of hydrogen-bond acceptors (Lipinski definition) is 1. The molecule has 0 saturated heterocycles. The molecule has 0 aliphatic rings. The Hall–Kier alpha value is -0.670. The van der Waals surface area contributed by atoms with Gasteiger partial charge in [-0.2, -0.15) is 13.2 Å². The summed E-state index contributed by atoms with van der Waals surface area (Å²) in [7, 11) is 0. The summed E-state index contributed by atoms with van der Waals surface area (Å²) in [4.78, 5) is 0. The largest absolute Gasteiger partial charge is 0.408 e. The van der Waals surface area contributed by atoms with Crippen LogP contribution >= 0.6 is 0 Å². The second-order valence-corrected chi connectivity index (χ2v) is 1.63. The molecule has 0 bridgehead atoms. The molecule has 0 saturated carbocycles. The average molecular weight is 139 g/mol. The Bertz CT molecular complexity index is 96.9. The first-order valence-electron chi connectivity index (χ1n) is 2.42. The van der Waals surface area contributed by atoms with E-state index in [0.29, 0.717) is 0 Å². The van der Waals surface area contributed by atoms with Gasteiger partial charge in [0.15, 0.2) is 0 Å². The van der Waals surface area contributed by atoms with Gasteiger partial charge >= 0.3 is 6.18 Å². The molecule has 0 radical (unpaired) electrons. The molecule has 0 fully saturated rings. The van der Waals surface area contributed by atoms with Crippen LogP contribution in [0.2, 0.25) is 0 Å². The summed E-state index contributed by atoms with van der Waals surface area (Å²) in [6, 6.07) is -1.50. The molecule has 1 atom stereocenters. The zero-order valence-corrected chi connectivity index (χ0v) is 5.00. The van der Waals surface area contributed by atoms with Gasteiger partial charge in [-0.1, -0.05) is 6.58 Å². The number of halogens is 3. The molecule has 0 aromatic heterocycles. The third-order valence-corrected chi connectivity index (χ3v) is 0.859. The van der Waals surface area contributed by atoms with Crippen LogP contribution in [0, 0.1) is 0 Å². The highest BCUT2D eigenvalue weighted by atomic mass is 19.4. The van der Waals surface area contributed by atoms with Crippen LogP contribution in [0.3, 0.4) is 0 Å². The van der Waals surface area contributed by atoms with E-state index in [0.717, 1.165) is 13.1 Å². The molecule has 0 spiro atoms. The van der Waals surface area contributed by atoms with E-state index in [1.807, 2.05) is 5.32 Å². The highest BCUT2D eigenvalue weighted by molar-refractivity contribution is 4.75. The first-order chi connectivity index (χ1) is 3.98. The number of nitrogens with one attached hydrogen (secondary N) is 1. The van der Waals surface area contributed by atoms with Crippen molar-refractivity contribution in [1.29, 1.82) is 0 Å². The Kier molecular flexibility index (Phi) is 2.55. The fourth-order valence-corrected chi connectivity index (χ4v) is 0.271. The molecular weight excluding hydrogens is 131 g/mol. The van der Waals surface area contributed by atoms with Gasteiger partial charge in [-0.15, -0.1) is 0 Å². The quantitative estimate of drug-likeness (QED) is 0.613. The maximum Gasteiger partial charge on any atom is 0.408 e. The molecule has 1 nitrogen and oxygen atoms in total. The average Bonchev–Trinajstić information content (AvgIpc) is 1.64. The van der Waals surface area contributed by atoms with Crippen LogP contribution < -0.4 is 5.32 Å². The van der Waals surface area contributed by atoms with Gasteiger partial charge in [-0.3, -0.25) is 0 Å². The zero-order chi connectivity index (χ0) is 7.49. The van der Waals surface area contributed by atoms with Crippen LogP contribution in [0.4, 0.5) is 13.2 Å². The monoisotopic (exact) mass is 139 g/mol. The Morgan fingerprint density at radius 2 is 2.00 bits per heavy atom. The Morgan fingerprint density at radius 1 is 1.56 bits per heavy atom. The maximum atomic E-state index is 11.5. The van der Waals surface area contributed by atoms with Gasteiger partial charge in [-0.25, -0.2) is 0 Å². The Morgan fingerprint density at radius 3 is 2.11 bits per heavy atom. The van der Waals surface area contributed by atoms with Crippen molar-refractivity contribution in [3.63, 3.8) is 0 Å².